The fraction of sp³-hybridized carbons (Fsp3) is 0.429. The van der Waals surface area contributed by atoms with Crippen LogP contribution in [0.2, 0.25) is 0 Å². The Kier molecular flexibility index (Phi) is 4.16. The van der Waals surface area contributed by atoms with Crippen LogP contribution in [0.1, 0.15) is 23.2 Å². The molecule has 102 valence electrons. The molecule has 1 aromatic heterocycles. The highest BCUT2D eigenvalue weighted by atomic mass is 16.4. The Morgan fingerprint density at radius 2 is 2.16 bits per heavy atom. The number of benzene rings is 1. The van der Waals surface area contributed by atoms with Crippen LogP contribution in [0.3, 0.4) is 0 Å². The van der Waals surface area contributed by atoms with Gasteiger partial charge in [0, 0.05) is 6.54 Å². The van der Waals surface area contributed by atoms with Gasteiger partial charge in [-0.25, -0.2) is 9.78 Å². The first-order chi connectivity index (χ1) is 9.08. The van der Waals surface area contributed by atoms with Gasteiger partial charge in [0.2, 0.25) is 0 Å². The van der Waals surface area contributed by atoms with Crippen LogP contribution in [-0.2, 0) is 6.54 Å². The van der Waals surface area contributed by atoms with Crippen molar-refractivity contribution in [3.63, 3.8) is 0 Å². The van der Waals surface area contributed by atoms with Gasteiger partial charge in [-0.2, -0.15) is 0 Å². The SMILES string of the molecule is CN(C)CCCCn1cnc2ccc(C(=O)O)cc21. The number of rotatable bonds is 6. The number of carboxylic acids is 1. The Morgan fingerprint density at radius 3 is 2.84 bits per heavy atom. The van der Waals surface area contributed by atoms with E-state index >= 15 is 0 Å². The van der Waals surface area contributed by atoms with Gasteiger partial charge in [-0.05, 0) is 51.7 Å². The summed E-state index contributed by atoms with van der Waals surface area (Å²) < 4.78 is 2.03. The average Bonchev–Trinajstić information content (AvgIpc) is 2.76. The fourth-order valence-electron chi connectivity index (χ4n) is 2.08. The van der Waals surface area contributed by atoms with Crippen LogP contribution in [0.15, 0.2) is 24.5 Å². The molecule has 5 nitrogen and oxygen atoms in total. The van der Waals surface area contributed by atoms with E-state index in [1.165, 1.54) is 0 Å². The van der Waals surface area contributed by atoms with Crippen LogP contribution < -0.4 is 0 Å². The Bertz CT molecular complexity index is 575. The number of carbonyl (C=O) groups is 1. The van der Waals surface area contributed by atoms with E-state index in [1.54, 1.807) is 24.5 Å². The number of imidazole rings is 1. The lowest BCUT2D eigenvalue weighted by Gasteiger charge is -2.09. The summed E-state index contributed by atoms with van der Waals surface area (Å²) in [6.45, 7) is 1.93. The van der Waals surface area contributed by atoms with E-state index in [-0.39, 0.29) is 0 Å². The molecular weight excluding hydrogens is 242 g/mol. The van der Waals surface area contributed by atoms with Crippen LogP contribution >= 0.6 is 0 Å². The first kappa shape index (κ1) is 13.5. The van der Waals surface area contributed by atoms with Crippen LogP contribution in [0.5, 0.6) is 0 Å². The average molecular weight is 261 g/mol. The van der Waals surface area contributed by atoms with Gasteiger partial charge >= 0.3 is 5.97 Å². The molecule has 0 saturated heterocycles. The second kappa shape index (κ2) is 5.84. The minimum atomic E-state index is -0.901. The second-order valence-corrected chi connectivity index (χ2v) is 4.96. The smallest absolute Gasteiger partial charge is 0.335 e. The lowest BCUT2D eigenvalue weighted by Crippen LogP contribution is -2.13. The summed E-state index contributed by atoms with van der Waals surface area (Å²) in [5.74, 6) is -0.901. The molecule has 0 fully saturated rings. The summed E-state index contributed by atoms with van der Waals surface area (Å²) in [5.41, 5.74) is 2.05. The van der Waals surface area contributed by atoms with Gasteiger partial charge in [0.1, 0.15) is 0 Å². The Hall–Kier alpha value is -1.88. The highest BCUT2D eigenvalue weighted by Crippen LogP contribution is 2.16. The molecule has 1 heterocycles. The molecule has 0 bridgehead atoms. The van der Waals surface area contributed by atoms with Crippen LogP contribution in [-0.4, -0.2) is 46.2 Å². The standard InChI is InChI=1S/C14H19N3O2/c1-16(2)7-3-4-8-17-10-15-12-6-5-11(14(18)19)9-13(12)17/h5-6,9-10H,3-4,7-8H2,1-2H3,(H,18,19). The fourth-order valence-corrected chi connectivity index (χ4v) is 2.08. The van der Waals surface area contributed by atoms with Crippen molar-refractivity contribution in [3.8, 4) is 0 Å². The molecule has 19 heavy (non-hydrogen) atoms. The largest absolute Gasteiger partial charge is 0.478 e. The highest BCUT2D eigenvalue weighted by molar-refractivity contribution is 5.92. The van der Waals surface area contributed by atoms with Crippen LogP contribution in [0.25, 0.3) is 11.0 Å². The zero-order chi connectivity index (χ0) is 13.8. The molecule has 0 aliphatic rings. The lowest BCUT2D eigenvalue weighted by atomic mass is 10.2. The first-order valence-electron chi connectivity index (χ1n) is 6.41. The lowest BCUT2D eigenvalue weighted by molar-refractivity contribution is 0.0697. The van der Waals surface area contributed by atoms with E-state index in [0.29, 0.717) is 5.56 Å². The van der Waals surface area contributed by atoms with Gasteiger partial charge in [0.05, 0.1) is 22.9 Å². The van der Waals surface area contributed by atoms with Crippen molar-refractivity contribution in [3.05, 3.63) is 30.1 Å². The van der Waals surface area contributed by atoms with E-state index < -0.39 is 5.97 Å². The summed E-state index contributed by atoms with van der Waals surface area (Å²) in [4.78, 5) is 17.4. The molecule has 0 radical (unpaired) electrons. The number of hydrogen-bond acceptors (Lipinski definition) is 3. The molecule has 0 aliphatic carbocycles. The van der Waals surface area contributed by atoms with Gasteiger partial charge in [-0.1, -0.05) is 0 Å². The number of aryl methyl sites for hydroxylation is 1. The zero-order valence-corrected chi connectivity index (χ0v) is 11.3. The summed E-state index contributed by atoms with van der Waals surface area (Å²) >= 11 is 0. The number of unbranched alkanes of at least 4 members (excludes halogenated alkanes) is 1. The molecule has 0 amide bonds. The number of nitrogens with zero attached hydrogens (tertiary/aromatic N) is 3. The number of fused-ring (bicyclic) bond motifs is 1. The van der Waals surface area contributed by atoms with E-state index in [1.807, 2.05) is 4.57 Å². The molecule has 5 heteroatoms. The van der Waals surface area contributed by atoms with Gasteiger partial charge in [0.15, 0.2) is 0 Å². The number of aromatic nitrogens is 2. The van der Waals surface area contributed by atoms with Crippen molar-refractivity contribution in [2.45, 2.75) is 19.4 Å². The normalized spacial score (nSPS) is 11.3. The van der Waals surface area contributed by atoms with Crippen molar-refractivity contribution in [2.24, 2.45) is 0 Å². The third-order valence-corrected chi connectivity index (χ3v) is 3.12. The maximum absolute atomic E-state index is 11.0. The van der Waals surface area contributed by atoms with Crippen molar-refractivity contribution in [1.29, 1.82) is 0 Å². The van der Waals surface area contributed by atoms with Gasteiger partial charge in [-0.15, -0.1) is 0 Å². The van der Waals surface area contributed by atoms with Crippen molar-refractivity contribution in [1.82, 2.24) is 14.5 Å². The minimum absolute atomic E-state index is 0.308. The van der Waals surface area contributed by atoms with Crippen molar-refractivity contribution in [2.75, 3.05) is 20.6 Å². The summed E-state index contributed by atoms with van der Waals surface area (Å²) in [6.07, 6.45) is 3.96. The van der Waals surface area contributed by atoms with Crippen LogP contribution in [0.4, 0.5) is 0 Å². The summed E-state index contributed by atoms with van der Waals surface area (Å²) in [7, 11) is 4.12. The van der Waals surface area contributed by atoms with E-state index in [4.69, 9.17) is 5.11 Å². The molecule has 2 aromatic rings. The zero-order valence-electron chi connectivity index (χ0n) is 11.3. The second-order valence-electron chi connectivity index (χ2n) is 4.96. The molecule has 0 unspecified atom stereocenters. The van der Waals surface area contributed by atoms with Gasteiger partial charge in [0.25, 0.3) is 0 Å². The number of aromatic carboxylic acids is 1. The number of hydrogen-bond donors (Lipinski definition) is 1. The minimum Gasteiger partial charge on any atom is -0.478 e. The molecule has 0 spiro atoms. The summed E-state index contributed by atoms with van der Waals surface area (Å²) in [5, 5.41) is 9.01. The third-order valence-electron chi connectivity index (χ3n) is 3.12. The molecular formula is C14H19N3O2. The summed E-state index contributed by atoms with van der Waals surface area (Å²) in [6, 6.07) is 5.04. The van der Waals surface area contributed by atoms with Crippen molar-refractivity contribution >= 4 is 17.0 Å². The van der Waals surface area contributed by atoms with Gasteiger partial charge in [-0.3, -0.25) is 0 Å². The predicted octanol–water partition coefficient (Wildman–Crippen LogP) is 2.08. The molecule has 0 aliphatic heterocycles. The Labute approximate surface area is 112 Å². The maximum Gasteiger partial charge on any atom is 0.335 e. The molecule has 0 saturated carbocycles. The van der Waals surface area contributed by atoms with E-state index in [0.717, 1.165) is 37.0 Å². The van der Waals surface area contributed by atoms with Gasteiger partial charge < -0.3 is 14.6 Å². The third kappa shape index (κ3) is 3.32. The molecule has 0 atom stereocenters. The first-order valence-corrected chi connectivity index (χ1v) is 6.41. The van der Waals surface area contributed by atoms with Crippen molar-refractivity contribution < 1.29 is 9.90 Å². The Morgan fingerprint density at radius 1 is 1.37 bits per heavy atom. The maximum atomic E-state index is 11.0. The highest BCUT2D eigenvalue weighted by Gasteiger charge is 2.07. The number of carboxylic acid groups (broad SMARTS) is 1. The molecule has 1 N–H and O–H groups in total. The monoisotopic (exact) mass is 261 g/mol. The topological polar surface area (TPSA) is 58.4 Å². The quantitative estimate of drug-likeness (QED) is 0.809. The predicted molar refractivity (Wildman–Crippen MR) is 74.5 cm³/mol. The van der Waals surface area contributed by atoms with Crippen LogP contribution in [0, 0.1) is 0 Å². The Balaban J connectivity index is 2.10. The van der Waals surface area contributed by atoms with E-state index in [9.17, 15) is 4.79 Å². The van der Waals surface area contributed by atoms with E-state index in [2.05, 4.69) is 24.0 Å². The molecule has 2 rings (SSSR count). The molecule has 1 aromatic carbocycles.